The molecule has 0 aliphatic carbocycles. The van der Waals surface area contributed by atoms with Crippen LogP contribution in [0.4, 0.5) is 45.2 Å². The molecule has 2 rings (SSSR count). The fourth-order valence-electron chi connectivity index (χ4n) is 2.40. The Kier molecular flexibility index (Phi) is 6.63. The van der Waals surface area contributed by atoms with Crippen molar-refractivity contribution in [2.24, 2.45) is 4.99 Å². The first-order valence-corrected chi connectivity index (χ1v) is 8.27. The van der Waals surface area contributed by atoms with E-state index in [0.717, 1.165) is 4.57 Å². The van der Waals surface area contributed by atoms with E-state index in [2.05, 4.69) is 9.98 Å². The summed E-state index contributed by atoms with van der Waals surface area (Å²) in [6.45, 7) is 0.800. The van der Waals surface area contributed by atoms with Crippen LogP contribution < -0.4 is 10.4 Å². The maximum Gasteiger partial charge on any atom is 0.433 e. The summed E-state index contributed by atoms with van der Waals surface area (Å²) in [5.74, 6) is 1.54. The van der Waals surface area contributed by atoms with Gasteiger partial charge in [0.1, 0.15) is 6.61 Å². The molecule has 0 saturated heterocycles. The van der Waals surface area contributed by atoms with E-state index < -0.39 is 59.1 Å². The predicted octanol–water partition coefficient (Wildman–Crippen LogP) is 5.20. The summed E-state index contributed by atoms with van der Waals surface area (Å²) in [6, 6.07) is 1.03. The number of ether oxygens (including phenoxy) is 1. The van der Waals surface area contributed by atoms with Crippen molar-refractivity contribution in [2.75, 3.05) is 6.61 Å². The molecule has 1 heterocycles. The van der Waals surface area contributed by atoms with Gasteiger partial charge in [-0.3, -0.25) is 4.57 Å². The van der Waals surface area contributed by atoms with Gasteiger partial charge in [-0.05, 0) is 25.1 Å². The molecule has 1 aromatic heterocycles. The SMILES string of the molecule is C#CCOc1cc(C(F)(F)F)nc(=Nc2ccc(C(F)(F)F)cc2C(F)(F)F)n1CC. The van der Waals surface area contributed by atoms with E-state index in [1.165, 1.54) is 6.92 Å². The van der Waals surface area contributed by atoms with Crippen molar-refractivity contribution in [3.63, 3.8) is 0 Å². The second-order valence-corrected chi connectivity index (χ2v) is 5.85. The largest absolute Gasteiger partial charge is 0.466 e. The minimum atomic E-state index is -5.28. The minimum absolute atomic E-state index is 0.147. The number of nitrogens with zero attached hydrogens (tertiary/aromatic N) is 3. The number of hydrogen-bond donors (Lipinski definition) is 0. The smallest absolute Gasteiger partial charge is 0.433 e. The average Bonchev–Trinajstić information content (AvgIpc) is 2.63. The van der Waals surface area contributed by atoms with E-state index >= 15 is 0 Å². The second kappa shape index (κ2) is 8.52. The molecule has 0 bridgehead atoms. The topological polar surface area (TPSA) is 39.4 Å². The minimum Gasteiger partial charge on any atom is -0.466 e. The molecule has 0 spiro atoms. The third-order valence-electron chi connectivity index (χ3n) is 3.75. The number of benzene rings is 1. The Bertz CT molecular complexity index is 1060. The van der Waals surface area contributed by atoms with Crippen LogP contribution in [-0.2, 0) is 25.1 Å². The lowest BCUT2D eigenvalue weighted by atomic mass is 10.1. The Balaban J connectivity index is 2.86. The molecule has 1 aromatic carbocycles. The zero-order valence-electron chi connectivity index (χ0n) is 15.5. The Morgan fingerprint density at radius 3 is 2.13 bits per heavy atom. The van der Waals surface area contributed by atoms with Crippen molar-refractivity contribution in [1.29, 1.82) is 0 Å². The highest BCUT2D eigenvalue weighted by atomic mass is 19.4. The lowest BCUT2D eigenvalue weighted by molar-refractivity contribution is -0.143. The van der Waals surface area contributed by atoms with Gasteiger partial charge < -0.3 is 4.74 Å². The molecule has 13 heteroatoms. The summed E-state index contributed by atoms with van der Waals surface area (Å²) in [5, 5.41) is 0. The molecule has 0 unspecified atom stereocenters. The molecule has 168 valence electrons. The van der Waals surface area contributed by atoms with Crippen LogP contribution in [0, 0.1) is 12.3 Å². The highest BCUT2D eigenvalue weighted by Gasteiger charge is 2.38. The van der Waals surface area contributed by atoms with Gasteiger partial charge in [-0.2, -0.15) is 39.5 Å². The first-order chi connectivity index (χ1) is 14.2. The highest BCUT2D eigenvalue weighted by Crippen LogP contribution is 2.40. The van der Waals surface area contributed by atoms with E-state index in [9.17, 15) is 39.5 Å². The quantitative estimate of drug-likeness (QED) is 0.468. The fourth-order valence-corrected chi connectivity index (χ4v) is 2.40. The highest BCUT2D eigenvalue weighted by molar-refractivity contribution is 5.50. The number of alkyl halides is 9. The van der Waals surface area contributed by atoms with Gasteiger partial charge in [-0.15, -0.1) is 6.42 Å². The molecule has 0 atom stereocenters. The van der Waals surface area contributed by atoms with Crippen molar-refractivity contribution in [2.45, 2.75) is 32.0 Å². The summed E-state index contributed by atoms with van der Waals surface area (Å²) in [4.78, 5) is 6.70. The van der Waals surface area contributed by atoms with Crippen LogP contribution in [0.5, 0.6) is 5.88 Å². The van der Waals surface area contributed by atoms with Gasteiger partial charge in [0, 0.05) is 12.6 Å². The lowest BCUT2D eigenvalue weighted by Gasteiger charge is -2.16. The second-order valence-electron chi connectivity index (χ2n) is 5.85. The van der Waals surface area contributed by atoms with Crippen LogP contribution in [0.15, 0.2) is 29.3 Å². The van der Waals surface area contributed by atoms with Gasteiger partial charge in [0.05, 0.1) is 16.8 Å². The third-order valence-corrected chi connectivity index (χ3v) is 3.75. The monoisotopic (exact) mass is 457 g/mol. The van der Waals surface area contributed by atoms with Crippen LogP contribution in [0.3, 0.4) is 0 Å². The fraction of sp³-hybridized carbons (Fsp3) is 0.333. The molecule has 0 aliphatic heterocycles. The Morgan fingerprint density at radius 2 is 1.65 bits per heavy atom. The molecule has 0 saturated carbocycles. The predicted molar refractivity (Wildman–Crippen MR) is 88.9 cm³/mol. The molecule has 4 nitrogen and oxygen atoms in total. The van der Waals surface area contributed by atoms with Gasteiger partial charge in [0.2, 0.25) is 5.62 Å². The van der Waals surface area contributed by atoms with Crippen molar-refractivity contribution >= 4 is 5.69 Å². The summed E-state index contributed by atoms with van der Waals surface area (Å²) < 4.78 is 124. The standard InChI is InChI=1S/C18H12F9N3O/c1-3-7-31-14-9-13(18(25,26)27)29-15(30(14)4-2)28-12-6-5-10(16(19,20)21)8-11(12)17(22,23)24/h1,5-6,8-9H,4,7H2,2H3. The van der Waals surface area contributed by atoms with Gasteiger partial charge in [0.15, 0.2) is 11.6 Å². The van der Waals surface area contributed by atoms with E-state index in [0.29, 0.717) is 18.2 Å². The van der Waals surface area contributed by atoms with Gasteiger partial charge >= 0.3 is 18.5 Å². The Hall–Kier alpha value is -3.17. The molecule has 0 N–H and O–H groups in total. The summed E-state index contributed by atoms with van der Waals surface area (Å²) in [7, 11) is 0. The lowest BCUT2D eigenvalue weighted by Crippen LogP contribution is -2.29. The molecular weight excluding hydrogens is 445 g/mol. The number of hydrogen-bond acceptors (Lipinski definition) is 3. The maximum absolute atomic E-state index is 13.3. The normalized spacial score (nSPS) is 13.3. The summed E-state index contributed by atoms with van der Waals surface area (Å²) in [6.07, 6.45) is -10.4. The molecule has 0 amide bonds. The van der Waals surface area contributed by atoms with E-state index in [1.54, 1.807) is 0 Å². The van der Waals surface area contributed by atoms with Crippen LogP contribution in [0.2, 0.25) is 0 Å². The van der Waals surface area contributed by atoms with Gasteiger partial charge in [-0.1, -0.05) is 5.92 Å². The molecule has 2 aromatic rings. The van der Waals surface area contributed by atoms with E-state index in [4.69, 9.17) is 11.2 Å². The molecule has 0 radical (unpaired) electrons. The Labute approximate surface area is 169 Å². The zero-order chi connectivity index (χ0) is 23.6. The van der Waals surface area contributed by atoms with Crippen LogP contribution in [0.1, 0.15) is 23.7 Å². The summed E-state index contributed by atoms with van der Waals surface area (Å²) in [5.41, 5.74) is -6.86. The van der Waals surface area contributed by atoms with E-state index in [-0.39, 0.29) is 12.6 Å². The number of terminal acetylenes is 1. The van der Waals surface area contributed by atoms with Gasteiger partial charge in [0.25, 0.3) is 0 Å². The van der Waals surface area contributed by atoms with Crippen LogP contribution in [0.25, 0.3) is 0 Å². The number of rotatable bonds is 4. The maximum atomic E-state index is 13.3. The van der Waals surface area contributed by atoms with Crippen LogP contribution in [-0.4, -0.2) is 16.2 Å². The molecule has 0 fully saturated rings. The number of halogens is 9. The third kappa shape index (κ3) is 5.71. The first kappa shape index (κ1) is 24.1. The van der Waals surface area contributed by atoms with Gasteiger partial charge in [-0.25, -0.2) is 9.98 Å². The van der Waals surface area contributed by atoms with Crippen molar-refractivity contribution < 1.29 is 44.3 Å². The summed E-state index contributed by atoms with van der Waals surface area (Å²) >= 11 is 0. The molecule has 0 aliphatic rings. The molecular formula is C18H12F9N3O. The molecule has 31 heavy (non-hydrogen) atoms. The first-order valence-electron chi connectivity index (χ1n) is 8.27. The van der Waals surface area contributed by atoms with Crippen molar-refractivity contribution in [3.8, 4) is 18.2 Å². The Morgan fingerprint density at radius 1 is 1.00 bits per heavy atom. The zero-order valence-corrected chi connectivity index (χ0v) is 15.5. The van der Waals surface area contributed by atoms with Crippen molar-refractivity contribution in [1.82, 2.24) is 9.55 Å². The van der Waals surface area contributed by atoms with Crippen molar-refractivity contribution in [3.05, 3.63) is 46.7 Å². The average molecular weight is 457 g/mol. The number of aromatic nitrogens is 2. The van der Waals surface area contributed by atoms with Crippen LogP contribution >= 0.6 is 0 Å². The van der Waals surface area contributed by atoms with E-state index in [1.807, 2.05) is 5.92 Å².